The molecule has 0 unspecified atom stereocenters. The zero-order valence-corrected chi connectivity index (χ0v) is 12.9. The molecular formula is C13H18N2O6S. The molecule has 0 fully saturated rings. The van der Waals surface area contributed by atoms with Gasteiger partial charge in [-0.1, -0.05) is 25.1 Å². The normalized spacial score (nSPS) is 10.6. The molecule has 1 aromatic carbocycles. The molecule has 0 aliphatic rings. The molecule has 1 aromatic rings. The molecule has 0 spiro atoms. The fourth-order valence-electron chi connectivity index (χ4n) is 1.34. The van der Waals surface area contributed by atoms with Gasteiger partial charge in [-0.3, -0.25) is 0 Å². The van der Waals surface area contributed by atoms with Crippen molar-refractivity contribution in [2.75, 3.05) is 19.8 Å². The van der Waals surface area contributed by atoms with Crippen molar-refractivity contribution in [2.24, 2.45) is 0 Å². The zero-order chi connectivity index (χ0) is 16.4. The molecule has 1 rings (SSSR count). The van der Waals surface area contributed by atoms with Crippen molar-refractivity contribution in [1.29, 1.82) is 0 Å². The SMILES string of the molecule is CCCOC(=O)NCCOC(=O)NS(=O)(=O)c1ccccc1. The van der Waals surface area contributed by atoms with Gasteiger partial charge in [-0.05, 0) is 18.6 Å². The molecule has 2 amide bonds. The second-order valence-electron chi connectivity index (χ2n) is 4.12. The molecule has 0 heterocycles. The number of hydrogen-bond donors (Lipinski definition) is 2. The molecule has 0 saturated heterocycles. The molecule has 8 nitrogen and oxygen atoms in total. The van der Waals surface area contributed by atoms with Crippen LogP contribution in [0.2, 0.25) is 0 Å². The van der Waals surface area contributed by atoms with Crippen molar-refractivity contribution >= 4 is 22.2 Å². The third-order valence-electron chi connectivity index (χ3n) is 2.31. The van der Waals surface area contributed by atoms with Crippen LogP contribution in [0.5, 0.6) is 0 Å². The number of ether oxygens (including phenoxy) is 2. The predicted molar refractivity (Wildman–Crippen MR) is 77.8 cm³/mol. The van der Waals surface area contributed by atoms with Crippen molar-refractivity contribution < 1.29 is 27.5 Å². The third kappa shape index (κ3) is 6.44. The number of amides is 2. The number of hydrogen-bond acceptors (Lipinski definition) is 6. The molecule has 0 radical (unpaired) electrons. The first kappa shape index (κ1) is 17.8. The first-order valence-electron chi connectivity index (χ1n) is 6.61. The van der Waals surface area contributed by atoms with Gasteiger partial charge < -0.3 is 14.8 Å². The summed E-state index contributed by atoms with van der Waals surface area (Å²) in [5.74, 6) is 0. The van der Waals surface area contributed by atoms with E-state index < -0.39 is 22.2 Å². The molecule has 22 heavy (non-hydrogen) atoms. The van der Waals surface area contributed by atoms with Crippen LogP contribution in [0.25, 0.3) is 0 Å². The summed E-state index contributed by atoms with van der Waals surface area (Å²) >= 11 is 0. The van der Waals surface area contributed by atoms with Crippen molar-refractivity contribution in [1.82, 2.24) is 10.0 Å². The number of carbonyl (C=O) groups is 2. The first-order valence-corrected chi connectivity index (χ1v) is 8.09. The summed E-state index contributed by atoms with van der Waals surface area (Å²) in [4.78, 5) is 22.4. The second-order valence-corrected chi connectivity index (χ2v) is 5.80. The zero-order valence-electron chi connectivity index (χ0n) is 12.1. The highest BCUT2D eigenvalue weighted by Crippen LogP contribution is 2.06. The van der Waals surface area contributed by atoms with E-state index in [0.29, 0.717) is 13.0 Å². The van der Waals surface area contributed by atoms with Crippen LogP contribution in [0.3, 0.4) is 0 Å². The average Bonchev–Trinajstić information content (AvgIpc) is 2.50. The van der Waals surface area contributed by atoms with E-state index in [4.69, 9.17) is 4.74 Å². The molecule has 0 saturated carbocycles. The van der Waals surface area contributed by atoms with Gasteiger partial charge in [0.2, 0.25) is 0 Å². The van der Waals surface area contributed by atoms with Crippen LogP contribution >= 0.6 is 0 Å². The Hall–Kier alpha value is -2.29. The second kappa shape index (κ2) is 8.88. The van der Waals surface area contributed by atoms with Gasteiger partial charge in [0.15, 0.2) is 0 Å². The molecule has 0 aliphatic carbocycles. The molecular weight excluding hydrogens is 312 g/mol. The third-order valence-corrected chi connectivity index (χ3v) is 3.64. The Balaban J connectivity index is 2.31. The Morgan fingerprint density at radius 1 is 1.05 bits per heavy atom. The van der Waals surface area contributed by atoms with Crippen LogP contribution in [0.1, 0.15) is 13.3 Å². The van der Waals surface area contributed by atoms with E-state index in [2.05, 4.69) is 10.1 Å². The monoisotopic (exact) mass is 330 g/mol. The lowest BCUT2D eigenvalue weighted by Crippen LogP contribution is -2.34. The van der Waals surface area contributed by atoms with Gasteiger partial charge in [0.25, 0.3) is 10.0 Å². The van der Waals surface area contributed by atoms with Gasteiger partial charge in [0, 0.05) is 0 Å². The van der Waals surface area contributed by atoms with Crippen LogP contribution in [-0.2, 0) is 19.5 Å². The highest BCUT2D eigenvalue weighted by molar-refractivity contribution is 7.90. The van der Waals surface area contributed by atoms with E-state index in [-0.39, 0.29) is 18.0 Å². The Morgan fingerprint density at radius 3 is 2.32 bits per heavy atom. The summed E-state index contributed by atoms with van der Waals surface area (Å²) in [6, 6.07) is 7.42. The van der Waals surface area contributed by atoms with Crippen molar-refractivity contribution in [2.45, 2.75) is 18.2 Å². The number of alkyl carbamates (subject to hydrolysis) is 1. The highest BCUT2D eigenvalue weighted by atomic mass is 32.2. The van der Waals surface area contributed by atoms with Gasteiger partial charge >= 0.3 is 12.2 Å². The Labute approximate surface area is 128 Å². The average molecular weight is 330 g/mol. The van der Waals surface area contributed by atoms with Crippen molar-refractivity contribution in [3.05, 3.63) is 30.3 Å². The van der Waals surface area contributed by atoms with Gasteiger partial charge in [-0.15, -0.1) is 0 Å². The van der Waals surface area contributed by atoms with E-state index in [1.807, 2.05) is 6.92 Å². The van der Waals surface area contributed by atoms with E-state index in [0.717, 1.165) is 0 Å². The lowest BCUT2D eigenvalue weighted by Gasteiger charge is -2.09. The number of carbonyl (C=O) groups excluding carboxylic acids is 2. The Kier molecular flexibility index (Phi) is 7.17. The minimum Gasteiger partial charge on any atom is -0.450 e. The van der Waals surface area contributed by atoms with Crippen molar-refractivity contribution in [3.8, 4) is 0 Å². The minimum atomic E-state index is -3.96. The molecule has 0 aromatic heterocycles. The van der Waals surface area contributed by atoms with Gasteiger partial charge in [-0.25, -0.2) is 22.7 Å². The Morgan fingerprint density at radius 2 is 1.68 bits per heavy atom. The topological polar surface area (TPSA) is 111 Å². The number of benzene rings is 1. The van der Waals surface area contributed by atoms with E-state index in [1.54, 1.807) is 10.8 Å². The lowest BCUT2D eigenvalue weighted by atomic mass is 10.4. The van der Waals surface area contributed by atoms with Gasteiger partial charge in [0.1, 0.15) is 6.61 Å². The molecule has 9 heteroatoms. The summed E-state index contributed by atoms with van der Waals surface area (Å²) in [5.41, 5.74) is 0. The lowest BCUT2D eigenvalue weighted by molar-refractivity contribution is 0.134. The fourth-order valence-corrected chi connectivity index (χ4v) is 2.25. The smallest absolute Gasteiger partial charge is 0.421 e. The van der Waals surface area contributed by atoms with Crippen LogP contribution in [0.4, 0.5) is 9.59 Å². The van der Waals surface area contributed by atoms with E-state index in [9.17, 15) is 18.0 Å². The molecule has 122 valence electrons. The minimum absolute atomic E-state index is 0.0152. The van der Waals surface area contributed by atoms with Gasteiger partial charge in [0.05, 0.1) is 18.0 Å². The maximum Gasteiger partial charge on any atom is 0.421 e. The van der Waals surface area contributed by atoms with Crippen LogP contribution < -0.4 is 10.0 Å². The summed E-state index contributed by atoms with van der Waals surface area (Å²) in [6.07, 6.45) is -1.04. The maximum atomic E-state index is 11.8. The molecule has 0 aliphatic heterocycles. The van der Waals surface area contributed by atoms with E-state index in [1.165, 1.54) is 24.3 Å². The number of rotatable bonds is 7. The maximum absolute atomic E-state index is 11.8. The highest BCUT2D eigenvalue weighted by Gasteiger charge is 2.17. The predicted octanol–water partition coefficient (Wildman–Crippen LogP) is 1.24. The quantitative estimate of drug-likeness (QED) is 0.728. The number of sulfonamides is 1. The fraction of sp³-hybridized carbons (Fsp3) is 0.385. The summed E-state index contributed by atoms with van der Waals surface area (Å²) in [6.45, 7) is 1.98. The van der Waals surface area contributed by atoms with Crippen LogP contribution in [-0.4, -0.2) is 40.4 Å². The summed E-state index contributed by atoms with van der Waals surface area (Å²) < 4.78 is 34.8. The largest absolute Gasteiger partial charge is 0.450 e. The van der Waals surface area contributed by atoms with Crippen molar-refractivity contribution in [3.63, 3.8) is 0 Å². The molecule has 0 atom stereocenters. The van der Waals surface area contributed by atoms with Gasteiger partial charge in [-0.2, -0.15) is 0 Å². The first-order chi connectivity index (χ1) is 10.5. The van der Waals surface area contributed by atoms with Crippen LogP contribution in [0.15, 0.2) is 35.2 Å². The van der Waals surface area contributed by atoms with Crippen LogP contribution in [0, 0.1) is 0 Å². The summed E-state index contributed by atoms with van der Waals surface area (Å²) in [5, 5.41) is 2.35. The summed E-state index contributed by atoms with van der Waals surface area (Å²) in [7, 11) is -3.96. The Bertz CT molecular complexity index is 588. The number of nitrogens with one attached hydrogen (secondary N) is 2. The van der Waals surface area contributed by atoms with E-state index >= 15 is 0 Å². The standard InChI is InChI=1S/C13H18N2O6S/c1-2-9-20-12(16)14-8-10-21-13(17)15-22(18,19)11-6-4-3-5-7-11/h3-7H,2,8-10H2,1H3,(H,14,16)(H,15,17). The molecule has 0 bridgehead atoms. The molecule has 2 N–H and O–H groups in total.